The molecule has 2 unspecified atom stereocenters. The smallest absolute Gasteiger partial charge is 0.243 e. The number of rotatable bonds is 8. The van der Waals surface area contributed by atoms with E-state index in [2.05, 4.69) is 26.8 Å². The molecule has 4 rings (SSSR count). The quantitative estimate of drug-likeness (QED) is 0.628. The van der Waals surface area contributed by atoms with Crippen molar-refractivity contribution in [2.45, 2.75) is 51.3 Å². The van der Waals surface area contributed by atoms with E-state index < -0.39 is 10.0 Å². The lowest BCUT2D eigenvalue weighted by Crippen LogP contribution is -2.50. The van der Waals surface area contributed by atoms with Gasteiger partial charge in [-0.25, -0.2) is 8.42 Å². The van der Waals surface area contributed by atoms with E-state index in [4.69, 9.17) is 4.74 Å². The molecule has 144 valence electrons. The predicted octanol–water partition coefficient (Wildman–Crippen LogP) is 4.48. The molecule has 4 nitrogen and oxygen atoms in total. The second kappa shape index (κ2) is 7.35. The Morgan fingerprint density at radius 3 is 2.46 bits per heavy atom. The second-order valence-electron chi connectivity index (χ2n) is 8.19. The third kappa shape index (κ3) is 3.44. The Balaban J connectivity index is 1.84. The Morgan fingerprint density at radius 1 is 1.23 bits per heavy atom. The fraction of sp³-hybridized carbons (Fsp3) is 0.619. The maximum Gasteiger partial charge on any atom is 0.243 e. The SMILES string of the molecule is CCCCN(CC1=CCC2CC1C2(C)C)S(=O)(=O)c1ccc(OC)cc1. The number of sulfonamides is 1. The van der Waals surface area contributed by atoms with Crippen molar-refractivity contribution >= 4 is 10.0 Å². The number of hydrogen-bond donors (Lipinski definition) is 0. The molecule has 1 saturated carbocycles. The lowest BCUT2D eigenvalue weighted by molar-refractivity contribution is -0.00887. The average Bonchev–Trinajstić information content (AvgIpc) is 2.64. The normalized spacial score (nSPS) is 24.1. The number of allylic oxidation sites excluding steroid dienone is 1. The Morgan fingerprint density at radius 2 is 1.92 bits per heavy atom. The maximum absolute atomic E-state index is 13.3. The standard InChI is InChI=1S/C21H31NO3S/c1-5-6-13-22(15-16-7-8-17-14-20(16)21(17,2)3)26(23,24)19-11-9-18(25-4)10-12-19/h7,9-12,17,20H,5-6,8,13-15H2,1-4H3. The zero-order chi connectivity index (χ0) is 18.9. The molecule has 0 aromatic heterocycles. The molecule has 5 heteroatoms. The van der Waals surface area contributed by atoms with Crippen LogP contribution >= 0.6 is 0 Å². The van der Waals surface area contributed by atoms with E-state index in [1.54, 1.807) is 35.7 Å². The van der Waals surface area contributed by atoms with Crippen LogP contribution in [0.25, 0.3) is 0 Å². The van der Waals surface area contributed by atoms with Gasteiger partial charge in [-0.05, 0) is 60.8 Å². The van der Waals surface area contributed by atoms with E-state index in [0.29, 0.717) is 35.1 Å². The van der Waals surface area contributed by atoms with Gasteiger partial charge in [0, 0.05) is 13.1 Å². The number of benzene rings is 1. The summed E-state index contributed by atoms with van der Waals surface area (Å²) in [5, 5.41) is 0. The first-order valence-electron chi connectivity index (χ1n) is 9.63. The van der Waals surface area contributed by atoms with Crippen molar-refractivity contribution in [2.24, 2.45) is 17.3 Å². The van der Waals surface area contributed by atoms with Crippen LogP contribution in [0.5, 0.6) is 5.75 Å². The van der Waals surface area contributed by atoms with Crippen molar-refractivity contribution in [1.29, 1.82) is 0 Å². The molecule has 2 bridgehead atoms. The van der Waals surface area contributed by atoms with Crippen LogP contribution < -0.4 is 4.74 Å². The number of methoxy groups -OCH3 is 1. The fourth-order valence-electron chi connectivity index (χ4n) is 4.37. The van der Waals surface area contributed by atoms with Crippen molar-refractivity contribution in [3.05, 3.63) is 35.9 Å². The minimum absolute atomic E-state index is 0.310. The Bertz CT molecular complexity index is 765. The van der Waals surface area contributed by atoms with E-state index in [1.807, 2.05) is 0 Å². The van der Waals surface area contributed by atoms with E-state index in [-0.39, 0.29) is 0 Å². The van der Waals surface area contributed by atoms with Crippen molar-refractivity contribution in [2.75, 3.05) is 20.2 Å². The summed E-state index contributed by atoms with van der Waals surface area (Å²) >= 11 is 0. The Kier molecular flexibility index (Phi) is 5.50. The Hall–Kier alpha value is -1.33. The van der Waals surface area contributed by atoms with Gasteiger partial charge in [0.25, 0.3) is 0 Å². The van der Waals surface area contributed by atoms with Crippen molar-refractivity contribution in [3.63, 3.8) is 0 Å². The van der Waals surface area contributed by atoms with Gasteiger partial charge in [-0.3, -0.25) is 0 Å². The van der Waals surface area contributed by atoms with Crippen LogP contribution in [0.3, 0.4) is 0 Å². The number of ether oxygens (including phenoxy) is 1. The van der Waals surface area contributed by atoms with Gasteiger partial charge in [-0.1, -0.05) is 38.8 Å². The highest BCUT2D eigenvalue weighted by Crippen LogP contribution is 2.59. The van der Waals surface area contributed by atoms with Gasteiger partial charge in [0.2, 0.25) is 10.0 Å². The van der Waals surface area contributed by atoms with Crippen LogP contribution in [0.1, 0.15) is 46.5 Å². The summed E-state index contributed by atoms with van der Waals surface area (Å²) in [6.07, 6.45) is 6.45. The van der Waals surface area contributed by atoms with E-state index >= 15 is 0 Å². The molecular weight excluding hydrogens is 346 g/mol. The van der Waals surface area contributed by atoms with Gasteiger partial charge >= 0.3 is 0 Å². The van der Waals surface area contributed by atoms with Crippen molar-refractivity contribution in [3.8, 4) is 5.75 Å². The maximum atomic E-state index is 13.3. The van der Waals surface area contributed by atoms with Crippen LogP contribution in [0.15, 0.2) is 40.8 Å². The molecular formula is C21H31NO3S. The topological polar surface area (TPSA) is 46.6 Å². The van der Waals surface area contributed by atoms with Gasteiger partial charge in [-0.2, -0.15) is 4.31 Å². The van der Waals surface area contributed by atoms with E-state index in [9.17, 15) is 8.42 Å². The highest BCUT2D eigenvalue weighted by atomic mass is 32.2. The van der Waals surface area contributed by atoms with Crippen LogP contribution in [-0.2, 0) is 10.0 Å². The molecule has 0 N–H and O–H groups in total. The van der Waals surface area contributed by atoms with Gasteiger partial charge in [-0.15, -0.1) is 0 Å². The fourth-order valence-corrected chi connectivity index (χ4v) is 5.84. The van der Waals surface area contributed by atoms with Gasteiger partial charge in [0.15, 0.2) is 0 Å². The molecule has 3 aliphatic rings. The lowest BCUT2D eigenvalue weighted by Gasteiger charge is -2.57. The third-order valence-corrected chi connectivity index (χ3v) is 8.26. The number of fused-ring (bicyclic) bond motifs is 1. The summed E-state index contributed by atoms with van der Waals surface area (Å²) in [6.45, 7) is 7.84. The monoisotopic (exact) mass is 377 g/mol. The summed E-state index contributed by atoms with van der Waals surface area (Å²) in [7, 11) is -1.92. The first kappa shape index (κ1) is 19.4. The molecule has 0 radical (unpaired) electrons. The van der Waals surface area contributed by atoms with E-state index in [0.717, 1.165) is 25.2 Å². The predicted molar refractivity (Wildman–Crippen MR) is 105 cm³/mol. The largest absolute Gasteiger partial charge is 0.497 e. The second-order valence-corrected chi connectivity index (χ2v) is 10.1. The van der Waals surface area contributed by atoms with E-state index in [1.165, 1.54) is 12.0 Å². The first-order chi connectivity index (χ1) is 12.3. The summed E-state index contributed by atoms with van der Waals surface area (Å²) < 4.78 is 33.3. The number of nitrogens with zero attached hydrogens (tertiary/aromatic N) is 1. The number of unbranched alkanes of at least 4 members (excludes halogenated alkanes) is 1. The number of hydrogen-bond acceptors (Lipinski definition) is 3. The van der Waals surface area contributed by atoms with Gasteiger partial charge < -0.3 is 4.74 Å². The zero-order valence-electron chi connectivity index (χ0n) is 16.4. The van der Waals surface area contributed by atoms with Crippen LogP contribution in [0, 0.1) is 17.3 Å². The summed E-state index contributed by atoms with van der Waals surface area (Å²) in [6, 6.07) is 6.71. The molecule has 1 fully saturated rings. The molecule has 0 saturated heterocycles. The lowest BCUT2D eigenvalue weighted by atomic mass is 9.49. The highest BCUT2D eigenvalue weighted by molar-refractivity contribution is 7.89. The van der Waals surface area contributed by atoms with Crippen LogP contribution in [-0.4, -0.2) is 32.9 Å². The highest BCUT2D eigenvalue weighted by Gasteiger charge is 2.51. The third-order valence-electron chi connectivity index (χ3n) is 6.40. The Labute approximate surface area is 158 Å². The first-order valence-corrected chi connectivity index (χ1v) is 11.1. The molecule has 0 amide bonds. The molecule has 0 spiro atoms. The van der Waals surface area contributed by atoms with Crippen LogP contribution in [0.4, 0.5) is 0 Å². The summed E-state index contributed by atoms with van der Waals surface area (Å²) in [5.74, 6) is 1.95. The molecule has 2 atom stereocenters. The summed E-state index contributed by atoms with van der Waals surface area (Å²) in [5.41, 5.74) is 1.62. The molecule has 0 heterocycles. The molecule has 0 aliphatic heterocycles. The zero-order valence-corrected chi connectivity index (χ0v) is 17.2. The molecule has 26 heavy (non-hydrogen) atoms. The summed E-state index contributed by atoms with van der Waals surface area (Å²) in [4.78, 5) is 0.344. The van der Waals surface area contributed by atoms with Gasteiger partial charge in [0.1, 0.15) is 5.75 Å². The minimum atomic E-state index is -3.50. The van der Waals surface area contributed by atoms with Crippen LogP contribution in [0.2, 0.25) is 0 Å². The van der Waals surface area contributed by atoms with Crippen molar-refractivity contribution in [1.82, 2.24) is 4.31 Å². The molecule has 1 aromatic rings. The van der Waals surface area contributed by atoms with Crippen molar-refractivity contribution < 1.29 is 13.2 Å². The average molecular weight is 378 g/mol. The molecule has 3 aliphatic carbocycles. The minimum Gasteiger partial charge on any atom is -0.497 e. The molecule has 1 aromatic carbocycles. The van der Waals surface area contributed by atoms with Gasteiger partial charge in [0.05, 0.1) is 12.0 Å².